The lowest BCUT2D eigenvalue weighted by molar-refractivity contribution is -0.206. The minimum Gasteiger partial charge on any atom is -0.504 e. The number of ether oxygens (including phenoxy) is 1. The Labute approximate surface area is 173 Å². The van der Waals surface area contributed by atoms with Crippen LogP contribution in [-0.4, -0.2) is 27.8 Å². The molecule has 3 rings (SSSR count). The van der Waals surface area contributed by atoms with E-state index in [9.17, 15) is 20.1 Å². The Kier molecular flexibility index (Phi) is 6.08. The third-order valence-electron chi connectivity index (χ3n) is 4.36. The van der Waals surface area contributed by atoms with Gasteiger partial charge >= 0.3 is 0 Å². The van der Waals surface area contributed by atoms with Gasteiger partial charge < -0.3 is 25.4 Å². The highest BCUT2D eigenvalue weighted by molar-refractivity contribution is 6.30. The molecule has 6 nitrogen and oxygen atoms in total. The maximum Gasteiger partial charge on any atom is 0.289 e. The molecule has 1 amide bonds. The van der Waals surface area contributed by atoms with Crippen LogP contribution in [-0.2, 0) is 15.3 Å². The molecule has 1 atom stereocenters. The third-order valence-corrected chi connectivity index (χ3v) is 4.61. The number of carbonyl (C=O) groups excluding carboxylic acids is 1. The summed E-state index contributed by atoms with van der Waals surface area (Å²) in [5, 5.41) is 33.5. The summed E-state index contributed by atoms with van der Waals surface area (Å²) in [6.07, 6.45) is 0. The average Bonchev–Trinajstić information content (AvgIpc) is 2.71. The van der Waals surface area contributed by atoms with Crippen molar-refractivity contribution in [3.63, 3.8) is 0 Å². The second kappa shape index (κ2) is 8.53. The molecule has 0 saturated heterocycles. The Hall–Kier alpha value is -3.06. The maximum atomic E-state index is 13.0. The van der Waals surface area contributed by atoms with Crippen molar-refractivity contribution in [2.24, 2.45) is 0 Å². The predicted octanol–water partition coefficient (Wildman–Crippen LogP) is 4.24. The number of nitrogens with one attached hydrogen (secondary N) is 1. The highest BCUT2D eigenvalue weighted by Crippen LogP contribution is 2.35. The zero-order valence-corrected chi connectivity index (χ0v) is 16.3. The third kappa shape index (κ3) is 4.35. The van der Waals surface area contributed by atoms with Gasteiger partial charge in [0.25, 0.3) is 11.7 Å². The number of para-hydroxylation sites is 1. The molecule has 0 aliphatic carbocycles. The molecule has 0 radical (unpaired) electrons. The number of phenolic OH excluding ortho intramolecular Hbond substituents is 2. The van der Waals surface area contributed by atoms with Gasteiger partial charge in [0.15, 0.2) is 11.5 Å². The van der Waals surface area contributed by atoms with Crippen LogP contribution >= 0.6 is 11.6 Å². The number of benzene rings is 3. The minimum atomic E-state index is -2.22. The molecule has 0 bridgehead atoms. The number of hydrogen-bond donors (Lipinski definition) is 4. The fourth-order valence-corrected chi connectivity index (χ4v) is 3.03. The summed E-state index contributed by atoms with van der Waals surface area (Å²) in [4.78, 5) is 13.0. The summed E-state index contributed by atoms with van der Waals surface area (Å²) < 4.78 is 5.40. The number of hydrogen-bond acceptors (Lipinski definition) is 5. The van der Waals surface area contributed by atoms with Crippen molar-refractivity contribution in [2.75, 3.05) is 11.9 Å². The first-order chi connectivity index (χ1) is 13.8. The lowest BCUT2D eigenvalue weighted by Gasteiger charge is -2.27. The molecule has 0 aromatic heterocycles. The molecule has 0 saturated carbocycles. The Morgan fingerprint density at radius 2 is 1.72 bits per heavy atom. The Bertz CT molecular complexity index is 1020. The van der Waals surface area contributed by atoms with E-state index in [2.05, 4.69) is 5.32 Å². The van der Waals surface area contributed by atoms with Crippen molar-refractivity contribution < 1.29 is 24.9 Å². The first-order valence-electron chi connectivity index (χ1n) is 8.90. The second-order valence-corrected chi connectivity index (χ2v) is 6.72. The quantitative estimate of drug-likeness (QED) is 0.358. The van der Waals surface area contributed by atoms with Crippen LogP contribution in [0.15, 0.2) is 66.7 Å². The molecule has 0 heterocycles. The van der Waals surface area contributed by atoms with E-state index in [-0.39, 0.29) is 23.7 Å². The summed E-state index contributed by atoms with van der Waals surface area (Å²) in [5.41, 5.74) is 1.80. The van der Waals surface area contributed by atoms with Gasteiger partial charge in [-0.1, -0.05) is 48.0 Å². The lowest BCUT2D eigenvalue weighted by atomic mass is 10.0. The van der Waals surface area contributed by atoms with Crippen molar-refractivity contribution in [1.82, 2.24) is 0 Å². The van der Waals surface area contributed by atoms with Crippen LogP contribution in [0.4, 0.5) is 5.69 Å². The van der Waals surface area contributed by atoms with Crippen LogP contribution in [0.3, 0.4) is 0 Å². The van der Waals surface area contributed by atoms with Gasteiger partial charge in [-0.2, -0.15) is 0 Å². The molecule has 0 spiro atoms. The van der Waals surface area contributed by atoms with E-state index in [0.717, 1.165) is 0 Å². The zero-order chi connectivity index (χ0) is 21.0. The average molecular weight is 414 g/mol. The van der Waals surface area contributed by atoms with Crippen molar-refractivity contribution in [3.05, 3.63) is 77.3 Å². The molecule has 7 heteroatoms. The summed E-state index contributed by atoms with van der Waals surface area (Å²) in [7, 11) is 0. The highest BCUT2D eigenvalue weighted by Gasteiger charge is 2.39. The first-order valence-corrected chi connectivity index (χ1v) is 9.28. The molecule has 29 heavy (non-hydrogen) atoms. The normalized spacial score (nSPS) is 12.9. The minimum absolute atomic E-state index is 0.0972. The highest BCUT2D eigenvalue weighted by atomic mass is 35.5. The van der Waals surface area contributed by atoms with E-state index in [0.29, 0.717) is 21.8 Å². The molecule has 4 N–H and O–H groups in total. The van der Waals surface area contributed by atoms with Gasteiger partial charge in [0, 0.05) is 28.4 Å². The largest absolute Gasteiger partial charge is 0.504 e. The smallest absolute Gasteiger partial charge is 0.289 e. The van der Waals surface area contributed by atoms with Gasteiger partial charge in [-0.15, -0.1) is 0 Å². The SMILES string of the molecule is CCOC(O)(C(=O)Nc1ccccc1-c1ccc(O)c(O)c1)c1ccc(Cl)cc1. The fraction of sp³-hybridized carbons (Fsp3) is 0.136. The van der Waals surface area contributed by atoms with E-state index in [1.165, 1.54) is 24.3 Å². The van der Waals surface area contributed by atoms with Crippen molar-refractivity contribution >= 4 is 23.2 Å². The van der Waals surface area contributed by atoms with Gasteiger partial charge in [-0.3, -0.25) is 4.79 Å². The Morgan fingerprint density at radius 1 is 1.03 bits per heavy atom. The van der Waals surface area contributed by atoms with Gasteiger partial charge in [-0.05, 0) is 42.8 Å². The van der Waals surface area contributed by atoms with Crippen molar-refractivity contribution in [1.29, 1.82) is 0 Å². The predicted molar refractivity (Wildman–Crippen MR) is 111 cm³/mol. The van der Waals surface area contributed by atoms with E-state index < -0.39 is 11.7 Å². The van der Waals surface area contributed by atoms with Crippen LogP contribution in [0.2, 0.25) is 5.02 Å². The number of aromatic hydroxyl groups is 2. The number of aliphatic hydroxyl groups is 1. The van der Waals surface area contributed by atoms with Crippen LogP contribution in [0, 0.1) is 0 Å². The molecule has 3 aromatic carbocycles. The Morgan fingerprint density at radius 3 is 2.38 bits per heavy atom. The van der Waals surface area contributed by atoms with Crippen LogP contribution < -0.4 is 5.32 Å². The molecule has 0 aliphatic heterocycles. The molecule has 150 valence electrons. The van der Waals surface area contributed by atoms with Crippen molar-refractivity contribution in [3.8, 4) is 22.6 Å². The number of halogens is 1. The van der Waals surface area contributed by atoms with Gasteiger partial charge in [0.1, 0.15) is 0 Å². The monoisotopic (exact) mass is 413 g/mol. The maximum absolute atomic E-state index is 13.0. The summed E-state index contributed by atoms with van der Waals surface area (Å²) in [5.74, 6) is -3.53. The number of carbonyl (C=O) groups is 1. The van der Waals surface area contributed by atoms with E-state index >= 15 is 0 Å². The van der Waals surface area contributed by atoms with Crippen LogP contribution in [0.25, 0.3) is 11.1 Å². The molecule has 1 unspecified atom stereocenters. The van der Waals surface area contributed by atoms with Gasteiger partial charge in [0.05, 0.1) is 0 Å². The summed E-state index contributed by atoms with van der Waals surface area (Å²) in [6.45, 7) is 1.77. The van der Waals surface area contributed by atoms with E-state index in [1.54, 1.807) is 49.4 Å². The summed E-state index contributed by atoms with van der Waals surface area (Å²) in [6, 6.07) is 17.4. The molecule has 3 aromatic rings. The molecular formula is C22H20ClNO5. The topological polar surface area (TPSA) is 99.0 Å². The molecule has 0 fully saturated rings. The van der Waals surface area contributed by atoms with Crippen LogP contribution in [0.5, 0.6) is 11.5 Å². The number of amides is 1. The second-order valence-electron chi connectivity index (χ2n) is 6.29. The summed E-state index contributed by atoms with van der Waals surface area (Å²) >= 11 is 5.90. The van der Waals surface area contributed by atoms with E-state index in [1.807, 2.05) is 0 Å². The zero-order valence-electron chi connectivity index (χ0n) is 15.6. The fourth-order valence-electron chi connectivity index (χ4n) is 2.91. The van der Waals surface area contributed by atoms with Crippen molar-refractivity contribution in [2.45, 2.75) is 12.7 Å². The number of phenols is 2. The van der Waals surface area contributed by atoms with Gasteiger partial charge in [0.2, 0.25) is 0 Å². The molecule has 0 aliphatic rings. The number of rotatable bonds is 6. The lowest BCUT2D eigenvalue weighted by Crippen LogP contribution is -2.43. The van der Waals surface area contributed by atoms with Crippen LogP contribution in [0.1, 0.15) is 12.5 Å². The first kappa shape index (κ1) is 20.7. The van der Waals surface area contributed by atoms with Gasteiger partial charge in [-0.25, -0.2) is 0 Å². The molecular weight excluding hydrogens is 394 g/mol. The standard InChI is InChI=1S/C22H20ClNO5/c1-2-29-22(28,15-8-10-16(23)11-9-15)21(27)24-18-6-4-3-5-17(18)14-7-12-19(25)20(26)13-14/h3-13,25-26,28H,2H2,1H3,(H,24,27). The van der Waals surface area contributed by atoms with E-state index in [4.69, 9.17) is 16.3 Å². The Balaban J connectivity index is 1.97. The number of anilines is 1.